The number of carbonyl (C=O) groups excluding carboxylic acids is 2. The molecule has 0 radical (unpaired) electrons. The fraction of sp³-hybridized carbons (Fsp3) is 0.263. The van der Waals surface area contributed by atoms with Crippen LogP contribution < -0.4 is 5.32 Å². The summed E-state index contributed by atoms with van der Waals surface area (Å²) in [5.74, 6) is -0.860. The highest BCUT2D eigenvalue weighted by Gasteiger charge is 2.11. The summed E-state index contributed by atoms with van der Waals surface area (Å²) in [6.45, 7) is 3.79. The first-order valence-electron chi connectivity index (χ1n) is 7.93. The first-order chi connectivity index (χ1) is 11.6. The highest BCUT2D eigenvalue weighted by atomic mass is 32.1. The Morgan fingerprint density at radius 1 is 1.12 bits per heavy atom. The maximum absolute atomic E-state index is 12.1. The molecule has 1 aromatic carbocycles. The lowest BCUT2D eigenvalue weighted by Crippen LogP contribution is -2.21. The zero-order valence-corrected chi connectivity index (χ0v) is 14.7. The van der Waals surface area contributed by atoms with Crippen LogP contribution in [0.3, 0.4) is 0 Å². The Morgan fingerprint density at radius 3 is 2.42 bits per heavy atom. The number of amides is 1. The van der Waals surface area contributed by atoms with Crippen LogP contribution in [0.25, 0.3) is 6.08 Å². The molecule has 0 spiro atoms. The van der Waals surface area contributed by atoms with Gasteiger partial charge in [0.25, 0.3) is 5.91 Å². The van der Waals surface area contributed by atoms with Crippen LogP contribution in [0.4, 0.5) is 5.69 Å². The molecule has 2 rings (SSSR count). The molecular formula is C19H21NO3S. The zero-order valence-electron chi connectivity index (χ0n) is 13.9. The maximum atomic E-state index is 12.1. The minimum atomic E-state index is -0.530. The van der Waals surface area contributed by atoms with Gasteiger partial charge in [-0.3, -0.25) is 4.79 Å². The molecule has 126 valence electrons. The number of carbonyl (C=O) groups is 2. The zero-order chi connectivity index (χ0) is 17.4. The third-order valence-corrected chi connectivity index (χ3v) is 4.37. The van der Waals surface area contributed by atoms with E-state index in [0.717, 1.165) is 34.5 Å². The van der Waals surface area contributed by atoms with Crippen molar-refractivity contribution in [3.05, 3.63) is 57.8 Å². The van der Waals surface area contributed by atoms with Crippen molar-refractivity contribution < 1.29 is 14.3 Å². The van der Waals surface area contributed by atoms with Gasteiger partial charge in [-0.1, -0.05) is 38.1 Å². The number of benzene rings is 1. The number of nitrogens with one attached hydrogen (secondary N) is 1. The van der Waals surface area contributed by atoms with E-state index in [1.807, 2.05) is 49.6 Å². The summed E-state index contributed by atoms with van der Waals surface area (Å²) in [5, 5.41) is 4.79. The predicted molar refractivity (Wildman–Crippen MR) is 98.1 cm³/mol. The number of hydrogen-bond acceptors (Lipinski definition) is 4. The maximum Gasteiger partial charge on any atom is 0.331 e. The van der Waals surface area contributed by atoms with Crippen LogP contribution in [0, 0.1) is 0 Å². The molecule has 0 saturated carbocycles. The third kappa shape index (κ3) is 5.06. The number of anilines is 1. The van der Waals surface area contributed by atoms with Crippen LogP contribution >= 0.6 is 11.3 Å². The van der Waals surface area contributed by atoms with Crippen molar-refractivity contribution in [2.45, 2.75) is 26.7 Å². The molecule has 1 N–H and O–H groups in total. The second kappa shape index (κ2) is 9.03. The molecule has 1 amide bonds. The number of esters is 1. The van der Waals surface area contributed by atoms with Gasteiger partial charge in [0.1, 0.15) is 0 Å². The van der Waals surface area contributed by atoms with E-state index in [2.05, 4.69) is 5.32 Å². The minimum Gasteiger partial charge on any atom is -0.452 e. The Kier molecular flexibility index (Phi) is 6.75. The quantitative estimate of drug-likeness (QED) is 0.609. The molecule has 0 atom stereocenters. The summed E-state index contributed by atoms with van der Waals surface area (Å²) >= 11 is 1.53. The lowest BCUT2D eigenvalue weighted by atomic mass is 10.0. The Bertz CT molecular complexity index is 698. The first-order valence-corrected chi connectivity index (χ1v) is 8.81. The van der Waals surface area contributed by atoms with Crippen LogP contribution in [0.1, 0.15) is 29.9 Å². The summed E-state index contributed by atoms with van der Waals surface area (Å²) in [6, 6.07) is 9.77. The van der Waals surface area contributed by atoms with Crippen molar-refractivity contribution in [1.82, 2.24) is 0 Å². The number of hydrogen-bond donors (Lipinski definition) is 1. The molecule has 0 bridgehead atoms. The number of aryl methyl sites for hydroxylation is 2. The minimum absolute atomic E-state index is 0.297. The summed E-state index contributed by atoms with van der Waals surface area (Å²) in [6.07, 6.45) is 4.66. The van der Waals surface area contributed by atoms with E-state index in [1.165, 1.54) is 17.4 Å². The molecule has 5 heteroatoms. The largest absolute Gasteiger partial charge is 0.452 e. The van der Waals surface area contributed by atoms with Gasteiger partial charge in [-0.25, -0.2) is 4.79 Å². The van der Waals surface area contributed by atoms with Crippen molar-refractivity contribution >= 4 is 35.0 Å². The average molecular weight is 343 g/mol. The van der Waals surface area contributed by atoms with Gasteiger partial charge in [0.15, 0.2) is 6.61 Å². The topological polar surface area (TPSA) is 55.4 Å². The molecule has 0 aliphatic heterocycles. The van der Waals surface area contributed by atoms with E-state index >= 15 is 0 Å². The van der Waals surface area contributed by atoms with Gasteiger partial charge in [0, 0.05) is 16.6 Å². The SMILES string of the molecule is CCc1cccc(CC)c1NC(=O)COC(=O)/C=C/c1cccs1. The molecule has 2 aromatic rings. The number of para-hydroxylation sites is 1. The van der Waals surface area contributed by atoms with Crippen molar-refractivity contribution in [3.63, 3.8) is 0 Å². The van der Waals surface area contributed by atoms with Gasteiger partial charge in [-0.2, -0.15) is 0 Å². The molecule has 4 nitrogen and oxygen atoms in total. The van der Waals surface area contributed by atoms with E-state index in [-0.39, 0.29) is 12.5 Å². The number of thiophene rings is 1. The second-order valence-electron chi connectivity index (χ2n) is 5.16. The van der Waals surface area contributed by atoms with Gasteiger partial charge < -0.3 is 10.1 Å². The lowest BCUT2D eigenvalue weighted by Gasteiger charge is -2.14. The van der Waals surface area contributed by atoms with Gasteiger partial charge in [-0.15, -0.1) is 11.3 Å². The van der Waals surface area contributed by atoms with Crippen molar-refractivity contribution in [2.75, 3.05) is 11.9 Å². The van der Waals surface area contributed by atoms with Crippen LogP contribution in [-0.4, -0.2) is 18.5 Å². The Balaban J connectivity index is 1.91. The van der Waals surface area contributed by atoms with Gasteiger partial charge in [0.2, 0.25) is 0 Å². The molecule has 1 aromatic heterocycles. The van der Waals surface area contributed by atoms with Gasteiger partial charge in [-0.05, 0) is 41.5 Å². The van der Waals surface area contributed by atoms with Crippen molar-refractivity contribution in [2.24, 2.45) is 0 Å². The van der Waals surface area contributed by atoms with Crippen molar-refractivity contribution in [1.29, 1.82) is 0 Å². The van der Waals surface area contributed by atoms with Crippen LogP contribution in [0.5, 0.6) is 0 Å². The molecule has 24 heavy (non-hydrogen) atoms. The third-order valence-electron chi connectivity index (χ3n) is 3.54. The van der Waals surface area contributed by atoms with E-state index < -0.39 is 5.97 Å². The molecule has 0 aliphatic carbocycles. The molecule has 0 saturated heterocycles. The molecule has 0 unspecified atom stereocenters. The summed E-state index contributed by atoms with van der Waals surface area (Å²) in [4.78, 5) is 24.7. The van der Waals surface area contributed by atoms with Crippen LogP contribution in [0.2, 0.25) is 0 Å². The Morgan fingerprint density at radius 2 is 1.83 bits per heavy atom. The average Bonchev–Trinajstić information content (AvgIpc) is 3.11. The van der Waals surface area contributed by atoms with E-state index in [9.17, 15) is 9.59 Å². The van der Waals surface area contributed by atoms with Crippen LogP contribution in [-0.2, 0) is 27.2 Å². The molecule has 0 fully saturated rings. The fourth-order valence-corrected chi connectivity index (χ4v) is 2.92. The Hall–Kier alpha value is -2.40. The van der Waals surface area contributed by atoms with Gasteiger partial charge >= 0.3 is 5.97 Å². The number of ether oxygens (including phenoxy) is 1. The van der Waals surface area contributed by atoms with E-state index in [4.69, 9.17) is 4.74 Å². The molecular weight excluding hydrogens is 322 g/mol. The predicted octanol–water partition coefficient (Wildman–Crippen LogP) is 4.07. The number of rotatable bonds is 7. The lowest BCUT2D eigenvalue weighted by molar-refractivity contribution is -0.142. The monoisotopic (exact) mass is 343 g/mol. The standard InChI is InChI=1S/C19H21NO3S/c1-3-14-7-5-8-15(4-2)19(14)20-17(21)13-23-18(22)11-10-16-9-6-12-24-16/h5-12H,3-4,13H2,1-2H3,(H,20,21)/b11-10+. The fourth-order valence-electron chi connectivity index (χ4n) is 2.30. The normalized spacial score (nSPS) is 10.8. The molecule has 0 aliphatic rings. The summed E-state index contributed by atoms with van der Waals surface area (Å²) in [7, 11) is 0. The van der Waals surface area contributed by atoms with Crippen molar-refractivity contribution in [3.8, 4) is 0 Å². The highest BCUT2D eigenvalue weighted by molar-refractivity contribution is 7.10. The first kappa shape index (κ1) is 17.9. The Labute approximate surface area is 146 Å². The van der Waals surface area contributed by atoms with Gasteiger partial charge in [0.05, 0.1) is 0 Å². The summed E-state index contributed by atoms with van der Waals surface area (Å²) < 4.78 is 4.99. The highest BCUT2D eigenvalue weighted by Crippen LogP contribution is 2.22. The summed E-state index contributed by atoms with van der Waals surface area (Å²) in [5.41, 5.74) is 2.98. The molecule has 1 heterocycles. The second-order valence-corrected chi connectivity index (χ2v) is 6.14. The van der Waals surface area contributed by atoms with E-state index in [0.29, 0.717) is 0 Å². The van der Waals surface area contributed by atoms with Crippen LogP contribution in [0.15, 0.2) is 41.8 Å². The smallest absolute Gasteiger partial charge is 0.331 e. The van der Waals surface area contributed by atoms with E-state index in [1.54, 1.807) is 6.08 Å².